The fourth-order valence-electron chi connectivity index (χ4n) is 3.18. The van der Waals surface area contributed by atoms with E-state index in [2.05, 4.69) is 16.4 Å². The summed E-state index contributed by atoms with van der Waals surface area (Å²) in [5.74, 6) is 0.0868. The van der Waals surface area contributed by atoms with Gasteiger partial charge in [0.25, 0.3) is 0 Å². The summed E-state index contributed by atoms with van der Waals surface area (Å²) in [5, 5.41) is 12.4. The molecule has 5 nitrogen and oxygen atoms in total. The first kappa shape index (κ1) is 18.2. The topological polar surface area (TPSA) is 91.8 Å². The second-order valence-corrected chi connectivity index (χ2v) is 6.16. The van der Waals surface area contributed by atoms with Crippen LogP contribution in [0.5, 0.6) is 0 Å². The Labute approximate surface area is 158 Å². The third kappa shape index (κ3) is 3.65. The fourth-order valence-corrected chi connectivity index (χ4v) is 3.18. The number of nitrogens with zero attached hydrogens (tertiary/aromatic N) is 2. The Hall–Kier alpha value is -3.65. The quantitative estimate of drug-likeness (QED) is 0.725. The van der Waals surface area contributed by atoms with Crippen LogP contribution in [0, 0.1) is 11.3 Å². The summed E-state index contributed by atoms with van der Waals surface area (Å²) < 4.78 is 0. The number of nitrogens with two attached hydrogens (primary N) is 1. The van der Waals surface area contributed by atoms with Gasteiger partial charge in [0.05, 0.1) is 5.69 Å². The molecule has 0 unspecified atom stereocenters. The van der Waals surface area contributed by atoms with E-state index >= 15 is 0 Å². The van der Waals surface area contributed by atoms with Crippen LogP contribution in [0.2, 0.25) is 0 Å². The van der Waals surface area contributed by atoms with Gasteiger partial charge in [-0.05, 0) is 29.7 Å². The van der Waals surface area contributed by atoms with Gasteiger partial charge in [-0.1, -0.05) is 49.4 Å². The summed E-state index contributed by atoms with van der Waals surface area (Å²) in [5.41, 5.74) is 11.6. The third-order valence-corrected chi connectivity index (χ3v) is 4.33. The molecule has 1 amide bonds. The molecule has 0 aliphatic rings. The molecule has 0 atom stereocenters. The Morgan fingerprint density at radius 1 is 1.11 bits per heavy atom. The van der Waals surface area contributed by atoms with Crippen molar-refractivity contribution in [3.8, 4) is 28.5 Å². The molecule has 27 heavy (non-hydrogen) atoms. The Balaban J connectivity index is 2.23. The smallest absolute Gasteiger partial charge is 0.221 e. The van der Waals surface area contributed by atoms with Gasteiger partial charge in [0, 0.05) is 23.7 Å². The molecule has 3 rings (SSSR count). The van der Waals surface area contributed by atoms with E-state index in [0.29, 0.717) is 17.7 Å². The van der Waals surface area contributed by atoms with Gasteiger partial charge >= 0.3 is 0 Å². The van der Waals surface area contributed by atoms with Crippen molar-refractivity contribution in [2.45, 2.75) is 20.3 Å². The molecule has 0 bridgehead atoms. The zero-order chi connectivity index (χ0) is 19.4. The highest BCUT2D eigenvalue weighted by molar-refractivity contribution is 5.90. The molecule has 2 aromatic carbocycles. The highest BCUT2D eigenvalue weighted by atomic mass is 16.1. The number of aromatic nitrogens is 1. The van der Waals surface area contributed by atoms with Crippen LogP contribution in [0.15, 0.2) is 54.6 Å². The van der Waals surface area contributed by atoms with E-state index < -0.39 is 0 Å². The number of hydrogen-bond donors (Lipinski definition) is 2. The maximum absolute atomic E-state index is 11.2. The normalized spacial score (nSPS) is 10.3. The molecule has 0 spiro atoms. The van der Waals surface area contributed by atoms with Crippen molar-refractivity contribution < 1.29 is 4.79 Å². The van der Waals surface area contributed by atoms with Gasteiger partial charge in [-0.3, -0.25) is 4.79 Å². The number of nitrogen functional groups attached to an aromatic ring is 1. The first-order valence-electron chi connectivity index (χ1n) is 8.71. The number of benzene rings is 2. The van der Waals surface area contributed by atoms with Crippen LogP contribution in [0.25, 0.3) is 22.4 Å². The van der Waals surface area contributed by atoms with Gasteiger partial charge in [-0.25, -0.2) is 4.98 Å². The van der Waals surface area contributed by atoms with Crippen LogP contribution in [0.4, 0.5) is 11.5 Å². The van der Waals surface area contributed by atoms with E-state index in [1.165, 1.54) is 6.92 Å². The lowest BCUT2D eigenvalue weighted by Crippen LogP contribution is -2.06. The van der Waals surface area contributed by atoms with E-state index in [1.54, 1.807) is 0 Å². The highest BCUT2D eigenvalue weighted by Crippen LogP contribution is 2.37. The zero-order valence-corrected chi connectivity index (χ0v) is 15.3. The monoisotopic (exact) mass is 356 g/mol. The van der Waals surface area contributed by atoms with Gasteiger partial charge in [0.1, 0.15) is 17.5 Å². The summed E-state index contributed by atoms with van der Waals surface area (Å²) in [6, 6.07) is 19.4. The van der Waals surface area contributed by atoms with Crippen LogP contribution < -0.4 is 11.1 Å². The number of rotatable bonds is 4. The third-order valence-electron chi connectivity index (χ3n) is 4.33. The van der Waals surface area contributed by atoms with Crippen LogP contribution >= 0.6 is 0 Å². The molecular weight excluding hydrogens is 336 g/mol. The molecule has 5 heteroatoms. The van der Waals surface area contributed by atoms with Crippen molar-refractivity contribution >= 4 is 17.4 Å². The predicted octanol–water partition coefficient (Wildman–Crippen LogP) is 4.39. The molecule has 0 fully saturated rings. The molecule has 0 radical (unpaired) electrons. The van der Waals surface area contributed by atoms with Crippen LogP contribution in [-0.4, -0.2) is 10.9 Å². The molecule has 0 aliphatic carbocycles. The second-order valence-electron chi connectivity index (χ2n) is 6.16. The number of carbonyl (C=O) groups excluding carboxylic acids is 1. The minimum atomic E-state index is -0.130. The Bertz CT molecular complexity index is 1020. The van der Waals surface area contributed by atoms with E-state index in [1.807, 2.05) is 61.5 Å². The Morgan fingerprint density at radius 2 is 1.78 bits per heavy atom. The minimum absolute atomic E-state index is 0.130. The van der Waals surface area contributed by atoms with Gasteiger partial charge < -0.3 is 11.1 Å². The van der Waals surface area contributed by atoms with Gasteiger partial charge in [0.2, 0.25) is 5.91 Å². The van der Waals surface area contributed by atoms with E-state index in [9.17, 15) is 10.1 Å². The maximum atomic E-state index is 11.2. The minimum Gasteiger partial charge on any atom is -0.383 e. The lowest BCUT2D eigenvalue weighted by atomic mass is 9.90. The van der Waals surface area contributed by atoms with Gasteiger partial charge in [-0.15, -0.1) is 0 Å². The molecule has 3 N–H and O–H groups in total. The van der Waals surface area contributed by atoms with Crippen molar-refractivity contribution in [1.82, 2.24) is 4.98 Å². The number of hydrogen-bond acceptors (Lipinski definition) is 4. The molecule has 1 aromatic heterocycles. The van der Waals surface area contributed by atoms with Crippen LogP contribution in [0.1, 0.15) is 25.0 Å². The fraction of sp³-hybridized carbons (Fsp3) is 0.136. The SMILES string of the molecule is CCc1c(-c2ccccc2)nc(N)c(C#N)c1-c1ccc(NC(C)=O)cc1. The molecular formula is C22H20N4O. The predicted molar refractivity (Wildman–Crippen MR) is 108 cm³/mol. The van der Waals surface area contributed by atoms with Crippen molar-refractivity contribution in [2.24, 2.45) is 0 Å². The molecule has 1 heterocycles. The first-order valence-corrected chi connectivity index (χ1v) is 8.71. The van der Waals surface area contributed by atoms with Crippen LogP contribution in [-0.2, 0) is 11.2 Å². The number of nitrogens with one attached hydrogen (secondary N) is 1. The Morgan fingerprint density at radius 3 is 2.33 bits per heavy atom. The van der Waals surface area contributed by atoms with Crippen molar-refractivity contribution in [3.05, 3.63) is 65.7 Å². The number of nitriles is 1. The zero-order valence-electron chi connectivity index (χ0n) is 15.3. The van der Waals surface area contributed by atoms with Crippen molar-refractivity contribution in [1.29, 1.82) is 5.26 Å². The lowest BCUT2D eigenvalue weighted by molar-refractivity contribution is -0.114. The molecule has 0 saturated carbocycles. The van der Waals surface area contributed by atoms with Crippen LogP contribution in [0.3, 0.4) is 0 Å². The van der Waals surface area contributed by atoms with Crippen molar-refractivity contribution in [3.63, 3.8) is 0 Å². The summed E-state index contributed by atoms with van der Waals surface area (Å²) in [7, 11) is 0. The summed E-state index contributed by atoms with van der Waals surface area (Å²) in [4.78, 5) is 15.8. The highest BCUT2D eigenvalue weighted by Gasteiger charge is 2.19. The lowest BCUT2D eigenvalue weighted by Gasteiger charge is -2.17. The summed E-state index contributed by atoms with van der Waals surface area (Å²) in [6.45, 7) is 3.50. The van der Waals surface area contributed by atoms with E-state index in [4.69, 9.17) is 5.73 Å². The summed E-state index contributed by atoms with van der Waals surface area (Å²) >= 11 is 0. The maximum Gasteiger partial charge on any atom is 0.221 e. The average molecular weight is 356 g/mol. The summed E-state index contributed by atoms with van der Waals surface area (Å²) in [6.07, 6.45) is 0.703. The van der Waals surface area contributed by atoms with Gasteiger partial charge in [-0.2, -0.15) is 5.26 Å². The van der Waals surface area contributed by atoms with E-state index in [0.717, 1.165) is 27.9 Å². The largest absolute Gasteiger partial charge is 0.383 e. The Kier molecular flexibility index (Phi) is 5.18. The second kappa shape index (κ2) is 7.71. The molecule has 134 valence electrons. The van der Waals surface area contributed by atoms with E-state index in [-0.39, 0.29) is 11.7 Å². The molecule has 3 aromatic rings. The first-order chi connectivity index (χ1) is 13.0. The number of anilines is 2. The molecule has 0 aliphatic heterocycles. The van der Waals surface area contributed by atoms with Gasteiger partial charge in [0.15, 0.2) is 0 Å². The standard InChI is InChI=1S/C22H20N4O/c1-3-18-20(15-9-11-17(12-10-15)25-14(2)27)19(13-23)22(24)26-21(18)16-7-5-4-6-8-16/h4-12H,3H2,1-2H3,(H2,24,26)(H,25,27). The average Bonchev–Trinajstić information content (AvgIpc) is 2.68. The number of carbonyl (C=O) groups is 1. The number of pyridine rings is 1. The number of amides is 1. The molecule has 0 saturated heterocycles. The van der Waals surface area contributed by atoms with Crippen molar-refractivity contribution in [2.75, 3.05) is 11.1 Å².